The van der Waals surface area contributed by atoms with Crippen molar-refractivity contribution in [3.05, 3.63) is 35.4 Å². The van der Waals surface area contributed by atoms with Crippen LogP contribution >= 0.6 is 0 Å². The molecule has 0 aromatic heterocycles. The van der Waals surface area contributed by atoms with Crippen LogP contribution in [0.1, 0.15) is 69.5 Å². The van der Waals surface area contributed by atoms with Crippen LogP contribution in [0.5, 0.6) is 0 Å². The van der Waals surface area contributed by atoms with Crippen LogP contribution in [0.2, 0.25) is 0 Å². The van der Waals surface area contributed by atoms with Gasteiger partial charge in [-0.1, -0.05) is 57.4 Å². The lowest BCUT2D eigenvalue weighted by Gasteiger charge is -2.22. The molecule has 1 aromatic carbocycles. The van der Waals surface area contributed by atoms with Crippen molar-refractivity contribution in [3.8, 4) is 0 Å². The quantitative estimate of drug-likeness (QED) is 0.715. The first-order valence-corrected chi connectivity index (χ1v) is 8.77. The Labute approximate surface area is 130 Å². The summed E-state index contributed by atoms with van der Waals surface area (Å²) in [5, 5.41) is 3.64. The second kappa shape index (κ2) is 9.22. The minimum atomic E-state index is 0.334. The van der Waals surface area contributed by atoms with Gasteiger partial charge in [-0.25, -0.2) is 0 Å². The van der Waals surface area contributed by atoms with Crippen molar-refractivity contribution in [2.24, 2.45) is 0 Å². The molecule has 21 heavy (non-hydrogen) atoms. The smallest absolute Gasteiger partial charge is 0.0665 e. The second-order valence-electron chi connectivity index (χ2n) is 6.24. The Balaban J connectivity index is 1.92. The molecule has 1 aliphatic carbocycles. The van der Waals surface area contributed by atoms with Gasteiger partial charge >= 0.3 is 0 Å². The number of ether oxygens (including phenoxy) is 1. The van der Waals surface area contributed by atoms with Crippen molar-refractivity contribution in [1.82, 2.24) is 5.32 Å². The molecule has 0 spiro atoms. The van der Waals surface area contributed by atoms with Gasteiger partial charge in [0.05, 0.1) is 18.8 Å². The summed E-state index contributed by atoms with van der Waals surface area (Å²) in [5.74, 6) is 0. The third-order valence-corrected chi connectivity index (χ3v) is 4.36. The number of hydrogen-bond acceptors (Lipinski definition) is 2. The lowest BCUT2D eigenvalue weighted by Crippen LogP contribution is -2.28. The molecule has 1 fully saturated rings. The van der Waals surface area contributed by atoms with Crippen molar-refractivity contribution in [1.29, 1.82) is 0 Å². The highest BCUT2D eigenvalue weighted by Crippen LogP contribution is 2.23. The third kappa shape index (κ3) is 5.44. The van der Waals surface area contributed by atoms with E-state index < -0.39 is 0 Å². The van der Waals surface area contributed by atoms with Crippen molar-refractivity contribution in [3.63, 3.8) is 0 Å². The molecule has 0 saturated heterocycles. The third-order valence-electron chi connectivity index (χ3n) is 4.36. The van der Waals surface area contributed by atoms with E-state index in [-0.39, 0.29) is 0 Å². The first-order chi connectivity index (χ1) is 10.3. The lowest BCUT2D eigenvalue weighted by atomic mass is 10.0. The van der Waals surface area contributed by atoms with E-state index in [2.05, 4.69) is 43.4 Å². The minimum absolute atomic E-state index is 0.334. The molecule has 0 heterocycles. The van der Waals surface area contributed by atoms with E-state index in [0.717, 1.165) is 19.6 Å². The molecule has 2 rings (SSSR count). The fraction of sp³-hybridized carbons (Fsp3) is 0.684. The molecule has 1 saturated carbocycles. The number of hydrogen-bond donors (Lipinski definition) is 1. The molecular formula is C19H31NO. The summed E-state index contributed by atoms with van der Waals surface area (Å²) in [5.41, 5.74) is 2.80. The van der Waals surface area contributed by atoms with Crippen LogP contribution in [0.3, 0.4) is 0 Å². The fourth-order valence-electron chi connectivity index (χ4n) is 3.08. The summed E-state index contributed by atoms with van der Waals surface area (Å²) < 4.78 is 6.13. The van der Waals surface area contributed by atoms with Crippen LogP contribution in [0, 0.1) is 0 Å². The molecule has 1 aliphatic rings. The van der Waals surface area contributed by atoms with E-state index in [9.17, 15) is 0 Å². The van der Waals surface area contributed by atoms with E-state index in [1.165, 1.54) is 49.7 Å². The predicted molar refractivity (Wildman–Crippen MR) is 89.7 cm³/mol. The van der Waals surface area contributed by atoms with Crippen LogP contribution in [0.4, 0.5) is 0 Å². The van der Waals surface area contributed by atoms with E-state index in [4.69, 9.17) is 4.74 Å². The van der Waals surface area contributed by atoms with Gasteiger partial charge in [0.2, 0.25) is 0 Å². The van der Waals surface area contributed by atoms with Crippen LogP contribution in [0.25, 0.3) is 0 Å². The zero-order valence-electron chi connectivity index (χ0n) is 13.7. The van der Waals surface area contributed by atoms with Gasteiger partial charge in [-0.15, -0.1) is 0 Å². The number of benzene rings is 1. The predicted octanol–water partition coefficient (Wildman–Crippen LogP) is 4.64. The van der Waals surface area contributed by atoms with Crippen LogP contribution < -0.4 is 5.32 Å². The van der Waals surface area contributed by atoms with Gasteiger partial charge in [-0.05, 0) is 43.4 Å². The Morgan fingerprint density at radius 3 is 2.43 bits per heavy atom. The van der Waals surface area contributed by atoms with Gasteiger partial charge in [0.15, 0.2) is 0 Å². The average Bonchev–Trinajstić information content (AvgIpc) is 3.02. The maximum Gasteiger partial charge on any atom is 0.0665 e. The Kier molecular flexibility index (Phi) is 7.25. The van der Waals surface area contributed by atoms with Gasteiger partial charge in [-0.3, -0.25) is 0 Å². The SMILES string of the molecule is CCCNC(COC1CCCC1)c1ccc(CCC)cc1. The molecule has 0 aliphatic heterocycles. The van der Waals surface area contributed by atoms with Gasteiger partial charge in [0.25, 0.3) is 0 Å². The highest BCUT2D eigenvalue weighted by Gasteiger charge is 2.18. The molecule has 1 atom stereocenters. The zero-order valence-corrected chi connectivity index (χ0v) is 13.7. The molecule has 0 amide bonds. The maximum absolute atomic E-state index is 6.13. The van der Waals surface area contributed by atoms with Crippen molar-refractivity contribution < 1.29 is 4.74 Å². The summed E-state index contributed by atoms with van der Waals surface area (Å²) in [6.45, 7) is 6.30. The second-order valence-corrected chi connectivity index (χ2v) is 6.24. The summed E-state index contributed by atoms with van der Waals surface area (Å²) in [6, 6.07) is 9.43. The number of nitrogens with one attached hydrogen (secondary N) is 1. The Bertz CT molecular complexity index is 381. The van der Waals surface area contributed by atoms with Crippen molar-refractivity contribution in [2.45, 2.75) is 70.9 Å². The van der Waals surface area contributed by atoms with Gasteiger partial charge in [0.1, 0.15) is 0 Å². The first kappa shape index (κ1) is 16.5. The summed E-state index contributed by atoms with van der Waals surface area (Å²) in [6.07, 6.45) is 9.20. The van der Waals surface area contributed by atoms with Gasteiger partial charge < -0.3 is 10.1 Å². The highest BCUT2D eigenvalue weighted by molar-refractivity contribution is 5.25. The normalized spacial score (nSPS) is 17.2. The standard InChI is InChI=1S/C19H31NO/c1-3-7-16-10-12-17(13-11-16)19(20-14-4-2)15-21-18-8-5-6-9-18/h10-13,18-20H,3-9,14-15H2,1-2H3. The molecule has 0 bridgehead atoms. The molecule has 118 valence electrons. The highest BCUT2D eigenvalue weighted by atomic mass is 16.5. The van der Waals surface area contributed by atoms with Crippen molar-refractivity contribution in [2.75, 3.05) is 13.2 Å². The first-order valence-electron chi connectivity index (χ1n) is 8.77. The molecule has 0 radical (unpaired) electrons. The lowest BCUT2D eigenvalue weighted by molar-refractivity contribution is 0.0426. The van der Waals surface area contributed by atoms with Crippen LogP contribution in [0.15, 0.2) is 24.3 Å². The van der Waals surface area contributed by atoms with Crippen LogP contribution in [-0.4, -0.2) is 19.3 Å². The summed E-state index contributed by atoms with van der Waals surface area (Å²) >= 11 is 0. The minimum Gasteiger partial charge on any atom is -0.376 e. The van der Waals surface area contributed by atoms with Crippen LogP contribution in [-0.2, 0) is 11.2 Å². The van der Waals surface area contributed by atoms with E-state index >= 15 is 0 Å². The Hall–Kier alpha value is -0.860. The summed E-state index contributed by atoms with van der Waals surface area (Å²) in [7, 11) is 0. The molecular weight excluding hydrogens is 258 g/mol. The topological polar surface area (TPSA) is 21.3 Å². The monoisotopic (exact) mass is 289 g/mol. The number of aryl methyl sites for hydroxylation is 1. The molecule has 1 unspecified atom stereocenters. The molecule has 1 N–H and O–H groups in total. The Morgan fingerprint density at radius 1 is 1.10 bits per heavy atom. The molecule has 2 nitrogen and oxygen atoms in total. The van der Waals surface area contributed by atoms with Gasteiger partial charge in [0, 0.05) is 0 Å². The maximum atomic E-state index is 6.13. The van der Waals surface area contributed by atoms with Gasteiger partial charge in [-0.2, -0.15) is 0 Å². The zero-order chi connectivity index (χ0) is 14.9. The number of rotatable bonds is 9. The van der Waals surface area contributed by atoms with E-state index in [0.29, 0.717) is 12.1 Å². The van der Waals surface area contributed by atoms with E-state index in [1.807, 2.05) is 0 Å². The van der Waals surface area contributed by atoms with E-state index in [1.54, 1.807) is 0 Å². The summed E-state index contributed by atoms with van der Waals surface area (Å²) in [4.78, 5) is 0. The fourth-order valence-corrected chi connectivity index (χ4v) is 3.08. The Morgan fingerprint density at radius 2 is 1.81 bits per heavy atom. The largest absolute Gasteiger partial charge is 0.376 e. The van der Waals surface area contributed by atoms with Crippen molar-refractivity contribution >= 4 is 0 Å². The molecule has 2 heteroatoms. The molecule has 1 aromatic rings. The average molecular weight is 289 g/mol.